The molecule has 1 heterocycles. The standard InChI is InChI=1S/C13H12ClN3O2/c1-7-5-8(2)16-13(15-7)17-9-3-4-11(14)10(6-9)12(18)19/h3-6H,1-2H3,(H,18,19)(H,15,16,17). The van der Waals surface area contributed by atoms with E-state index in [0.29, 0.717) is 11.6 Å². The van der Waals surface area contributed by atoms with E-state index in [1.807, 2.05) is 19.9 Å². The van der Waals surface area contributed by atoms with Crippen molar-refractivity contribution < 1.29 is 9.90 Å². The molecule has 0 aliphatic carbocycles. The summed E-state index contributed by atoms with van der Waals surface area (Å²) >= 11 is 5.80. The van der Waals surface area contributed by atoms with Crippen molar-refractivity contribution in [3.05, 3.63) is 46.2 Å². The highest BCUT2D eigenvalue weighted by Crippen LogP contribution is 2.22. The number of anilines is 2. The molecule has 19 heavy (non-hydrogen) atoms. The van der Waals surface area contributed by atoms with E-state index in [4.69, 9.17) is 16.7 Å². The van der Waals surface area contributed by atoms with Crippen molar-refractivity contribution in [1.29, 1.82) is 0 Å². The summed E-state index contributed by atoms with van der Waals surface area (Å²) in [4.78, 5) is 19.4. The number of hydrogen-bond donors (Lipinski definition) is 2. The molecule has 1 aromatic carbocycles. The number of aryl methyl sites for hydroxylation is 2. The van der Waals surface area contributed by atoms with E-state index in [-0.39, 0.29) is 10.6 Å². The molecular formula is C13H12ClN3O2. The van der Waals surface area contributed by atoms with Crippen LogP contribution in [0.25, 0.3) is 0 Å². The first kappa shape index (κ1) is 13.3. The third kappa shape index (κ3) is 3.20. The summed E-state index contributed by atoms with van der Waals surface area (Å²) in [5.41, 5.74) is 2.28. The monoisotopic (exact) mass is 277 g/mol. The lowest BCUT2D eigenvalue weighted by molar-refractivity contribution is 0.0697. The van der Waals surface area contributed by atoms with Crippen LogP contribution in [0.2, 0.25) is 5.02 Å². The van der Waals surface area contributed by atoms with Crippen LogP contribution < -0.4 is 5.32 Å². The van der Waals surface area contributed by atoms with Gasteiger partial charge in [-0.15, -0.1) is 0 Å². The Morgan fingerprint density at radius 3 is 2.42 bits per heavy atom. The lowest BCUT2D eigenvalue weighted by Crippen LogP contribution is -2.02. The topological polar surface area (TPSA) is 75.1 Å². The van der Waals surface area contributed by atoms with Crippen LogP contribution in [0, 0.1) is 13.8 Å². The Kier molecular flexibility index (Phi) is 3.66. The number of hydrogen-bond acceptors (Lipinski definition) is 4. The van der Waals surface area contributed by atoms with Crippen molar-refractivity contribution in [2.75, 3.05) is 5.32 Å². The molecule has 98 valence electrons. The highest BCUT2D eigenvalue weighted by Gasteiger charge is 2.10. The van der Waals surface area contributed by atoms with Crippen LogP contribution in [0.4, 0.5) is 11.6 Å². The second kappa shape index (κ2) is 5.24. The third-order valence-corrected chi connectivity index (χ3v) is 2.76. The van der Waals surface area contributed by atoms with Gasteiger partial charge >= 0.3 is 5.97 Å². The van der Waals surface area contributed by atoms with Gasteiger partial charge in [0, 0.05) is 17.1 Å². The second-order valence-electron chi connectivity index (χ2n) is 4.10. The van der Waals surface area contributed by atoms with Crippen molar-refractivity contribution in [2.45, 2.75) is 13.8 Å². The fraction of sp³-hybridized carbons (Fsp3) is 0.154. The summed E-state index contributed by atoms with van der Waals surface area (Å²) in [5.74, 6) is -0.647. The van der Waals surface area contributed by atoms with Gasteiger partial charge < -0.3 is 10.4 Å². The molecule has 0 radical (unpaired) electrons. The highest BCUT2D eigenvalue weighted by atomic mass is 35.5. The van der Waals surface area contributed by atoms with E-state index in [1.165, 1.54) is 12.1 Å². The Morgan fingerprint density at radius 2 is 1.84 bits per heavy atom. The molecule has 0 aliphatic heterocycles. The number of carboxylic acids is 1. The molecule has 0 fully saturated rings. The minimum atomic E-state index is -1.07. The zero-order chi connectivity index (χ0) is 14.0. The van der Waals surface area contributed by atoms with Gasteiger partial charge in [0.1, 0.15) is 0 Å². The molecule has 0 amide bonds. The Hall–Kier alpha value is -2.14. The lowest BCUT2D eigenvalue weighted by atomic mass is 10.2. The quantitative estimate of drug-likeness (QED) is 0.901. The summed E-state index contributed by atoms with van der Waals surface area (Å²) < 4.78 is 0. The number of carbonyl (C=O) groups is 1. The van der Waals surface area contributed by atoms with Crippen LogP contribution in [0.15, 0.2) is 24.3 Å². The first-order valence-electron chi connectivity index (χ1n) is 5.58. The molecule has 6 heteroatoms. The van der Waals surface area contributed by atoms with Gasteiger partial charge in [-0.3, -0.25) is 0 Å². The fourth-order valence-electron chi connectivity index (χ4n) is 1.68. The maximum absolute atomic E-state index is 11.0. The van der Waals surface area contributed by atoms with E-state index < -0.39 is 5.97 Å². The smallest absolute Gasteiger partial charge is 0.337 e. The van der Waals surface area contributed by atoms with Gasteiger partial charge in [0.2, 0.25) is 5.95 Å². The highest BCUT2D eigenvalue weighted by molar-refractivity contribution is 6.33. The maximum Gasteiger partial charge on any atom is 0.337 e. The molecule has 2 aromatic rings. The van der Waals surface area contributed by atoms with E-state index in [9.17, 15) is 4.79 Å². The van der Waals surface area contributed by atoms with Crippen molar-refractivity contribution in [3.8, 4) is 0 Å². The Labute approximate surface area is 115 Å². The lowest BCUT2D eigenvalue weighted by Gasteiger charge is -2.08. The molecule has 0 saturated carbocycles. The number of rotatable bonds is 3. The predicted octanol–water partition coefficient (Wildman–Crippen LogP) is 3.19. The first-order chi connectivity index (χ1) is 8.95. The zero-order valence-electron chi connectivity index (χ0n) is 10.4. The molecule has 2 rings (SSSR count). The summed E-state index contributed by atoms with van der Waals surface area (Å²) in [7, 11) is 0. The van der Waals surface area contributed by atoms with Crippen molar-refractivity contribution in [2.24, 2.45) is 0 Å². The van der Waals surface area contributed by atoms with E-state index >= 15 is 0 Å². The van der Waals surface area contributed by atoms with Gasteiger partial charge in [0.15, 0.2) is 0 Å². The van der Waals surface area contributed by atoms with Crippen molar-refractivity contribution in [1.82, 2.24) is 9.97 Å². The fourth-order valence-corrected chi connectivity index (χ4v) is 1.88. The minimum Gasteiger partial charge on any atom is -0.478 e. The van der Waals surface area contributed by atoms with Crippen molar-refractivity contribution >= 4 is 29.2 Å². The van der Waals surface area contributed by atoms with Crippen LogP contribution in [0.3, 0.4) is 0 Å². The number of aromatic carboxylic acids is 1. The molecule has 0 saturated heterocycles. The van der Waals surface area contributed by atoms with Crippen LogP contribution in [0.5, 0.6) is 0 Å². The number of nitrogens with one attached hydrogen (secondary N) is 1. The number of carboxylic acid groups (broad SMARTS) is 1. The van der Waals surface area contributed by atoms with Gasteiger partial charge in [0.05, 0.1) is 10.6 Å². The minimum absolute atomic E-state index is 0.0380. The van der Waals surface area contributed by atoms with E-state index in [2.05, 4.69) is 15.3 Å². The Balaban J connectivity index is 2.33. The largest absolute Gasteiger partial charge is 0.478 e. The molecule has 1 aromatic heterocycles. The summed E-state index contributed by atoms with van der Waals surface area (Å²) in [6.45, 7) is 3.73. The van der Waals surface area contributed by atoms with E-state index in [1.54, 1.807) is 6.07 Å². The molecule has 0 spiro atoms. The molecule has 2 N–H and O–H groups in total. The SMILES string of the molecule is Cc1cc(C)nc(Nc2ccc(Cl)c(C(=O)O)c2)n1. The van der Waals surface area contributed by atoms with Crippen LogP contribution in [-0.2, 0) is 0 Å². The summed E-state index contributed by atoms with van der Waals surface area (Å²) in [6.07, 6.45) is 0. The van der Waals surface area contributed by atoms with Gasteiger partial charge in [-0.25, -0.2) is 14.8 Å². The molecule has 0 atom stereocenters. The molecular weight excluding hydrogens is 266 g/mol. The third-order valence-electron chi connectivity index (χ3n) is 2.44. The molecule has 0 bridgehead atoms. The molecule has 5 nitrogen and oxygen atoms in total. The van der Waals surface area contributed by atoms with Gasteiger partial charge in [-0.1, -0.05) is 11.6 Å². The summed E-state index contributed by atoms with van der Waals surface area (Å²) in [6, 6.07) is 6.51. The first-order valence-corrected chi connectivity index (χ1v) is 5.95. The average molecular weight is 278 g/mol. The molecule has 0 aliphatic rings. The van der Waals surface area contributed by atoms with Crippen LogP contribution >= 0.6 is 11.6 Å². The van der Waals surface area contributed by atoms with Crippen LogP contribution in [0.1, 0.15) is 21.7 Å². The van der Waals surface area contributed by atoms with Crippen LogP contribution in [-0.4, -0.2) is 21.0 Å². The zero-order valence-corrected chi connectivity index (χ0v) is 11.2. The predicted molar refractivity (Wildman–Crippen MR) is 73.2 cm³/mol. The van der Waals surface area contributed by atoms with Gasteiger partial charge in [-0.05, 0) is 38.1 Å². The number of benzene rings is 1. The maximum atomic E-state index is 11.0. The average Bonchev–Trinajstić information content (AvgIpc) is 2.30. The van der Waals surface area contributed by atoms with Gasteiger partial charge in [-0.2, -0.15) is 0 Å². The molecule has 0 unspecified atom stereocenters. The number of aromatic nitrogens is 2. The Bertz CT molecular complexity index is 624. The number of nitrogens with zero attached hydrogens (tertiary/aromatic N) is 2. The number of halogens is 1. The van der Waals surface area contributed by atoms with Crippen molar-refractivity contribution in [3.63, 3.8) is 0 Å². The summed E-state index contributed by atoms with van der Waals surface area (Å²) in [5, 5.41) is 12.2. The normalized spacial score (nSPS) is 10.3. The van der Waals surface area contributed by atoms with Gasteiger partial charge in [0.25, 0.3) is 0 Å². The Morgan fingerprint density at radius 1 is 1.21 bits per heavy atom. The second-order valence-corrected chi connectivity index (χ2v) is 4.51. The van der Waals surface area contributed by atoms with E-state index in [0.717, 1.165) is 11.4 Å².